The third kappa shape index (κ3) is 5.43. The van der Waals surface area contributed by atoms with Gasteiger partial charge in [0.15, 0.2) is 6.29 Å². The van der Waals surface area contributed by atoms with E-state index in [9.17, 15) is 9.59 Å². The van der Waals surface area contributed by atoms with E-state index in [-0.39, 0.29) is 5.75 Å². The van der Waals surface area contributed by atoms with Crippen LogP contribution in [0.2, 0.25) is 0 Å². The summed E-state index contributed by atoms with van der Waals surface area (Å²) >= 11 is 0. The maximum absolute atomic E-state index is 10.1. The minimum atomic E-state index is -0.963. The number of hydrogen-bond donors (Lipinski definition) is 3. The third-order valence-corrected chi connectivity index (χ3v) is 1.45. The van der Waals surface area contributed by atoms with Crippen molar-refractivity contribution in [2.24, 2.45) is 5.73 Å². The fourth-order valence-corrected chi connectivity index (χ4v) is 0.587. The number of carbonyl (C=O) groups is 2. The molecule has 0 aromatic heterocycles. The number of aliphatic carboxylic acids is 1. The Morgan fingerprint density at radius 3 is 2.20 bits per heavy atom. The number of phenolic OH excluding ortho intramolecular Hbond substituents is 1. The van der Waals surface area contributed by atoms with Crippen molar-refractivity contribution in [1.29, 1.82) is 0 Å². The van der Waals surface area contributed by atoms with Crippen molar-refractivity contribution in [2.75, 3.05) is 0 Å². The summed E-state index contributed by atoms with van der Waals surface area (Å²) in [5.74, 6) is -0.928. The molecule has 0 aliphatic heterocycles. The standard InChI is InChI=1S/C7H6O2.C3H7NO2/c8-5-6-3-1-2-4-7(6)9;1-2(4)3(5)6/h1-5,9H;2H,4H2,1H3,(H,5,6). The molecule has 1 atom stereocenters. The number of carboxylic acids is 1. The maximum atomic E-state index is 10.1. The van der Waals surface area contributed by atoms with Crippen LogP contribution in [0.3, 0.4) is 0 Å². The predicted molar refractivity (Wildman–Crippen MR) is 54.8 cm³/mol. The molecule has 4 N–H and O–H groups in total. The zero-order valence-corrected chi connectivity index (χ0v) is 8.25. The molecule has 0 saturated carbocycles. The van der Waals surface area contributed by atoms with E-state index < -0.39 is 12.0 Å². The molecule has 0 radical (unpaired) electrons. The first-order valence-electron chi connectivity index (χ1n) is 4.20. The van der Waals surface area contributed by atoms with Crippen molar-refractivity contribution in [3.05, 3.63) is 29.8 Å². The van der Waals surface area contributed by atoms with E-state index in [1.54, 1.807) is 18.2 Å². The molecule has 0 heterocycles. The average Bonchev–Trinajstić information content (AvgIpc) is 2.19. The highest BCUT2D eigenvalue weighted by Crippen LogP contribution is 2.11. The minimum Gasteiger partial charge on any atom is -0.507 e. The van der Waals surface area contributed by atoms with Gasteiger partial charge in [0.25, 0.3) is 0 Å². The van der Waals surface area contributed by atoms with Crippen molar-refractivity contribution < 1.29 is 19.8 Å². The van der Waals surface area contributed by atoms with Gasteiger partial charge in [-0.2, -0.15) is 0 Å². The Hall–Kier alpha value is -1.88. The average molecular weight is 211 g/mol. The maximum Gasteiger partial charge on any atom is 0.320 e. The number of rotatable bonds is 2. The second-order valence-corrected chi connectivity index (χ2v) is 2.80. The van der Waals surface area contributed by atoms with Crippen molar-refractivity contribution >= 4 is 12.3 Å². The Balaban J connectivity index is 0.000000288. The Morgan fingerprint density at radius 2 is 1.93 bits per heavy atom. The van der Waals surface area contributed by atoms with Crippen LogP contribution in [-0.4, -0.2) is 28.5 Å². The topological polar surface area (TPSA) is 101 Å². The molecule has 0 saturated heterocycles. The van der Waals surface area contributed by atoms with Crippen LogP contribution in [-0.2, 0) is 4.79 Å². The summed E-state index contributed by atoms with van der Waals surface area (Å²) in [7, 11) is 0. The van der Waals surface area contributed by atoms with Gasteiger partial charge in [-0.25, -0.2) is 0 Å². The highest BCUT2D eigenvalue weighted by Gasteiger charge is 1.99. The Morgan fingerprint density at radius 1 is 1.47 bits per heavy atom. The first-order chi connectivity index (χ1) is 6.99. The Labute approximate surface area is 87.1 Å². The lowest BCUT2D eigenvalue weighted by molar-refractivity contribution is -0.138. The number of benzene rings is 1. The van der Waals surface area contributed by atoms with E-state index in [1.807, 2.05) is 0 Å². The molecule has 0 aliphatic rings. The van der Waals surface area contributed by atoms with Gasteiger partial charge in [-0.15, -0.1) is 0 Å². The van der Waals surface area contributed by atoms with E-state index in [0.717, 1.165) is 0 Å². The van der Waals surface area contributed by atoms with Gasteiger partial charge in [0.1, 0.15) is 11.8 Å². The van der Waals surface area contributed by atoms with Crippen LogP contribution < -0.4 is 5.73 Å². The predicted octanol–water partition coefficient (Wildman–Crippen LogP) is 0.623. The molecule has 1 unspecified atom stereocenters. The molecule has 1 aromatic carbocycles. The molecule has 0 amide bonds. The summed E-state index contributed by atoms with van der Waals surface area (Å²) in [6.45, 7) is 1.42. The molecular weight excluding hydrogens is 198 g/mol. The van der Waals surface area contributed by atoms with E-state index >= 15 is 0 Å². The first-order valence-corrected chi connectivity index (χ1v) is 4.20. The van der Waals surface area contributed by atoms with Crippen LogP contribution >= 0.6 is 0 Å². The number of phenols is 1. The zero-order chi connectivity index (χ0) is 11.8. The van der Waals surface area contributed by atoms with Gasteiger partial charge < -0.3 is 15.9 Å². The lowest BCUT2D eigenvalue weighted by Gasteiger charge is -1.91. The minimum absolute atomic E-state index is 0.0347. The SMILES string of the molecule is CC(N)C(=O)O.O=Cc1ccccc1O. The van der Waals surface area contributed by atoms with Gasteiger partial charge >= 0.3 is 5.97 Å². The number of carboxylic acid groups (broad SMARTS) is 1. The lowest BCUT2D eigenvalue weighted by Crippen LogP contribution is -2.25. The molecule has 5 heteroatoms. The summed E-state index contributed by atoms with van der Waals surface area (Å²) in [6, 6.07) is 5.67. The number of nitrogens with two attached hydrogens (primary N) is 1. The van der Waals surface area contributed by atoms with Crippen LogP contribution in [0, 0.1) is 0 Å². The normalized spacial score (nSPS) is 10.8. The van der Waals surface area contributed by atoms with E-state index in [4.69, 9.17) is 15.9 Å². The number of aromatic hydroxyl groups is 1. The Bertz CT molecular complexity index is 336. The zero-order valence-electron chi connectivity index (χ0n) is 8.25. The molecule has 0 aliphatic carbocycles. The molecule has 5 nitrogen and oxygen atoms in total. The van der Waals surface area contributed by atoms with Crippen molar-refractivity contribution in [3.63, 3.8) is 0 Å². The van der Waals surface area contributed by atoms with Crippen LogP contribution in [0.1, 0.15) is 17.3 Å². The molecule has 15 heavy (non-hydrogen) atoms. The lowest BCUT2D eigenvalue weighted by atomic mass is 10.2. The van der Waals surface area contributed by atoms with Gasteiger partial charge in [-0.1, -0.05) is 12.1 Å². The quantitative estimate of drug-likeness (QED) is 0.622. The summed E-state index contributed by atoms with van der Waals surface area (Å²) in [5.41, 5.74) is 5.17. The van der Waals surface area contributed by atoms with Gasteiger partial charge in [-0.3, -0.25) is 9.59 Å². The number of para-hydroxylation sites is 1. The molecule has 0 spiro atoms. The van der Waals surface area contributed by atoms with Gasteiger partial charge in [-0.05, 0) is 19.1 Å². The van der Waals surface area contributed by atoms with Crippen LogP contribution in [0.4, 0.5) is 0 Å². The fourth-order valence-electron chi connectivity index (χ4n) is 0.587. The van der Waals surface area contributed by atoms with E-state index in [2.05, 4.69) is 0 Å². The molecule has 82 valence electrons. The number of hydrogen-bond acceptors (Lipinski definition) is 4. The second kappa shape index (κ2) is 6.56. The van der Waals surface area contributed by atoms with Crippen LogP contribution in [0.25, 0.3) is 0 Å². The van der Waals surface area contributed by atoms with E-state index in [0.29, 0.717) is 11.8 Å². The van der Waals surface area contributed by atoms with Gasteiger partial charge in [0.05, 0.1) is 5.56 Å². The summed E-state index contributed by atoms with van der Waals surface area (Å²) in [4.78, 5) is 19.6. The summed E-state index contributed by atoms with van der Waals surface area (Å²) in [5, 5.41) is 16.7. The number of aldehydes is 1. The van der Waals surface area contributed by atoms with Crippen LogP contribution in [0.15, 0.2) is 24.3 Å². The van der Waals surface area contributed by atoms with Gasteiger partial charge in [0.2, 0.25) is 0 Å². The highest BCUT2D eigenvalue weighted by atomic mass is 16.4. The molecule has 1 aromatic rings. The van der Waals surface area contributed by atoms with E-state index in [1.165, 1.54) is 13.0 Å². The Kier molecular flexibility index (Phi) is 5.73. The van der Waals surface area contributed by atoms with Crippen molar-refractivity contribution in [1.82, 2.24) is 0 Å². The smallest absolute Gasteiger partial charge is 0.320 e. The molecular formula is C10H13NO4. The van der Waals surface area contributed by atoms with Gasteiger partial charge in [0, 0.05) is 0 Å². The molecule has 1 rings (SSSR count). The van der Waals surface area contributed by atoms with Crippen LogP contribution in [0.5, 0.6) is 5.75 Å². The molecule has 0 bridgehead atoms. The third-order valence-electron chi connectivity index (χ3n) is 1.45. The highest BCUT2D eigenvalue weighted by molar-refractivity contribution is 5.78. The first kappa shape index (κ1) is 13.1. The molecule has 0 fully saturated rings. The number of carbonyl (C=O) groups excluding carboxylic acids is 1. The second-order valence-electron chi connectivity index (χ2n) is 2.80. The summed E-state index contributed by atoms with van der Waals surface area (Å²) < 4.78 is 0. The van der Waals surface area contributed by atoms with Crippen molar-refractivity contribution in [3.8, 4) is 5.75 Å². The summed E-state index contributed by atoms with van der Waals surface area (Å²) in [6.07, 6.45) is 0.620. The monoisotopic (exact) mass is 211 g/mol. The fraction of sp³-hybridized carbons (Fsp3) is 0.200. The van der Waals surface area contributed by atoms with Crippen molar-refractivity contribution in [2.45, 2.75) is 13.0 Å². The largest absolute Gasteiger partial charge is 0.507 e.